The Balaban J connectivity index is 3.32. The van der Waals surface area contributed by atoms with Crippen LogP contribution < -0.4 is 0 Å². The molecule has 188 valence electrons. The molecule has 1 amide bonds. The van der Waals surface area contributed by atoms with Crippen LogP contribution in [-0.2, 0) is 18.7 Å². The van der Waals surface area contributed by atoms with Crippen LogP contribution in [-0.4, -0.2) is 78.1 Å². The number of hydrogen-bond donors (Lipinski definition) is 2. The lowest BCUT2D eigenvalue weighted by Gasteiger charge is -2.38. The maximum Gasteiger partial charge on any atom is 0.411 e. The number of aliphatic hydroxyl groups excluding tert-OH is 2. The molecule has 9 heteroatoms. The molecular weight excluding hydrogens is 430 g/mol. The highest BCUT2D eigenvalue weighted by Gasteiger charge is 2.53. The summed E-state index contributed by atoms with van der Waals surface area (Å²) in [6, 6.07) is -1.78. The van der Waals surface area contributed by atoms with Crippen molar-refractivity contribution in [2.24, 2.45) is 5.92 Å². The summed E-state index contributed by atoms with van der Waals surface area (Å²) < 4.78 is 17.5. The molecule has 0 aromatic heterocycles. The van der Waals surface area contributed by atoms with E-state index in [1.165, 1.54) is 4.90 Å². The molecule has 1 saturated heterocycles. The van der Waals surface area contributed by atoms with Gasteiger partial charge in [-0.3, -0.25) is 4.90 Å². The summed E-state index contributed by atoms with van der Waals surface area (Å²) in [4.78, 5) is 27.5. The van der Waals surface area contributed by atoms with Gasteiger partial charge in [-0.05, 0) is 66.1 Å². The van der Waals surface area contributed by atoms with Crippen molar-refractivity contribution in [1.82, 2.24) is 4.90 Å². The number of ether oxygens (including phenoxy) is 2. The second-order valence-electron chi connectivity index (χ2n) is 12.2. The lowest BCUT2D eigenvalue weighted by molar-refractivity contribution is -0.161. The van der Waals surface area contributed by atoms with Gasteiger partial charge in [0.2, 0.25) is 0 Å². The molecule has 0 bridgehead atoms. The van der Waals surface area contributed by atoms with Crippen LogP contribution in [0.5, 0.6) is 0 Å². The Labute approximate surface area is 194 Å². The molecule has 0 aliphatic carbocycles. The quantitative estimate of drug-likeness (QED) is 0.446. The highest BCUT2D eigenvalue weighted by Crippen LogP contribution is 2.40. The van der Waals surface area contributed by atoms with Crippen LogP contribution in [0.4, 0.5) is 4.79 Å². The monoisotopic (exact) mass is 475 g/mol. The Morgan fingerprint density at radius 1 is 1.00 bits per heavy atom. The molecule has 32 heavy (non-hydrogen) atoms. The van der Waals surface area contributed by atoms with Gasteiger partial charge in [-0.2, -0.15) is 0 Å². The predicted octanol–water partition coefficient (Wildman–Crippen LogP) is 3.70. The fourth-order valence-corrected chi connectivity index (χ4v) is 4.49. The van der Waals surface area contributed by atoms with Crippen LogP contribution in [0.25, 0.3) is 0 Å². The molecule has 4 atom stereocenters. The lowest BCUT2D eigenvalue weighted by atomic mass is 9.96. The molecule has 1 aliphatic rings. The minimum atomic E-state index is -2.12. The molecule has 1 fully saturated rings. The van der Waals surface area contributed by atoms with E-state index in [2.05, 4.69) is 33.9 Å². The maximum atomic E-state index is 13.1. The van der Waals surface area contributed by atoms with Crippen molar-refractivity contribution in [3.05, 3.63) is 0 Å². The van der Waals surface area contributed by atoms with Gasteiger partial charge >= 0.3 is 12.1 Å². The van der Waals surface area contributed by atoms with E-state index in [4.69, 9.17) is 13.9 Å². The smallest absolute Gasteiger partial charge is 0.411 e. The summed E-state index contributed by atoms with van der Waals surface area (Å²) in [5.74, 6) is -0.926. The highest BCUT2D eigenvalue weighted by atomic mass is 28.4. The van der Waals surface area contributed by atoms with E-state index in [0.29, 0.717) is 0 Å². The first-order chi connectivity index (χ1) is 14.2. The molecule has 3 unspecified atom stereocenters. The number of carbonyl (C=O) groups is 2. The van der Waals surface area contributed by atoms with Gasteiger partial charge in [-0.1, -0.05) is 20.8 Å². The molecule has 1 heterocycles. The Hall–Kier alpha value is -1.16. The van der Waals surface area contributed by atoms with Crippen molar-refractivity contribution in [3.63, 3.8) is 0 Å². The third-order valence-corrected chi connectivity index (χ3v) is 10.5. The van der Waals surface area contributed by atoms with Gasteiger partial charge in [0.25, 0.3) is 0 Å². The number of amides is 1. The fraction of sp³-hybridized carbons (Fsp3) is 0.913. The normalized spacial score (nSPS) is 23.8. The highest BCUT2D eigenvalue weighted by molar-refractivity contribution is 6.74. The van der Waals surface area contributed by atoms with E-state index in [9.17, 15) is 19.8 Å². The maximum absolute atomic E-state index is 13.1. The second-order valence-corrected chi connectivity index (χ2v) is 17.1. The Kier molecular flexibility index (Phi) is 9.01. The summed E-state index contributed by atoms with van der Waals surface area (Å²) in [6.45, 7) is 20.8. The number of aliphatic hydroxyl groups is 2. The molecule has 0 radical (unpaired) electrons. The number of carbonyl (C=O) groups excluding carboxylic acids is 2. The topological polar surface area (TPSA) is 106 Å². The Morgan fingerprint density at radius 3 is 1.91 bits per heavy atom. The van der Waals surface area contributed by atoms with Crippen LogP contribution >= 0.6 is 0 Å². The van der Waals surface area contributed by atoms with E-state index in [-0.39, 0.29) is 24.0 Å². The number of hydrogen-bond acceptors (Lipinski definition) is 7. The summed E-state index contributed by atoms with van der Waals surface area (Å²) in [7, 11) is -2.12. The van der Waals surface area contributed by atoms with Crippen LogP contribution in [0.3, 0.4) is 0 Å². The Bertz CT molecular complexity index is 661. The molecule has 8 nitrogen and oxygen atoms in total. The van der Waals surface area contributed by atoms with E-state index >= 15 is 0 Å². The summed E-state index contributed by atoms with van der Waals surface area (Å²) in [6.07, 6.45) is -1.71. The van der Waals surface area contributed by atoms with E-state index < -0.39 is 56.4 Å². The molecular formula is C23H45NO7Si. The van der Waals surface area contributed by atoms with Crippen molar-refractivity contribution < 1.29 is 33.7 Å². The van der Waals surface area contributed by atoms with E-state index in [0.717, 1.165) is 0 Å². The first-order valence-electron chi connectivity index (χ1n) is 11.4. The van der Waals surface area contributed by atoms with Crippen molar-refractivity contribution >= 4 is 20.4 Å². The van der Waals surface area contributed by atoms with E-state index in [1.54, 1.807) is 41.5 Å². The van der Waals surface area contributed by atoms with Crippen LogP contribution in [0.2, 0.25) is 18.1 Å². The molecule has 0 saturated carbocycles. The summed E-state index contributed by atoms with van der Waals surface area (Å²) in [5.41, 5.74) is -1.53. The average Bonchev–Trinajstić information content (AvgIpc) is 2.95. The Morgan fingerprint density at radius 2 is 1.50 bits per heavy atom. The van der Waals surface area contributed by atoms with Gasteiger partial charge < -0.3 is 24.1 Å². The van der Waals surface area contributed by atoms with Gasteiger partial charge in [-0.25, -0.2) is 9.59 Å². The van der Waals surface area contributed by atoms with Gasteiger partial charge in [0.15, 0.2) is 8.32 Å². The third kappa shape index (κ3) is 7.71. The molecule has 2 N–H and O–H groups in total. The van der Waals surface area contributed by atoms with Gasteiger partial charge in [0, 0.05) is 12.5 Å². The van der Waals surface area contributed by atoms with Crippen LogP contribution in [0.1, 0.15) is 68.7 Å². The lowest BCUT2D eigenvalue weighted by Crippen LogP contribution is -2.54. The first-order valence-corrected chi connectivity index (χ1v) is 14.3. The number of likely N-dealkylation sites (tertiary alicyclic amines) is 1. The largest absolute Gasteiger partial charge is 0.458 e. The van der Waals surface area contributed by atoms with Crippen molar-refractivity contribution in [3.8, 4) is 0 Å². The van der Waals surface area contributed by atoms with Gasteiger partial charge in [-0.15, -0.1) is 0 Å². The van der Waals surface area contributed by atoms with Crippen molar-refractivity contribution in [2.45, 2.75) is 116 Å². The molecule has 0 aromatic carbocycles. The third-order valence-electron chi connectivity index (χ3n) is 5.99. The van der Waals surface area contributed by atoms with Crippen LogP contribution in [0, 0.1) is 5.92 Å². The number of rotatable bonds is 6. The number of esters is 1. The molecule has 0 spiro atoms. The number of nitrogens with zero attached hydrogens (tertiary/aromatic N) is 1. The van der Waals surface area contributed by atoms with E-state index in [1.807, 2.05) is 0 Å². The van der Waals surface area contributed by atoms with Gasteiger partial charge in [0.05, 0.1) is 18.8 Å². The van der Waals surface area contributed by atoms with Crippen LogP contribution in [0.15, 0.2) is 0 Å². The average molecular weight is 476 g/mol. The van der Waals surface area contributed by atoms with Crippen molar-refractivity contribution in [1.29, 1.82) is 0 Å². The van der Waals surface area contributed by atoms with Crippen molar-refractivity contribution in [2.75, 3.05) is 13.2 Å². The zero-order valence-electron chi connectivity index (χ0n) is 21.8. The minimum absolute atomic E-state index is 0.0217. The SMILES string of the molecule is CC(C)(C)OC(=O)C1CC(CO[Si](C)(C)C(C)(C)C)[C@H](C(O)CO)N1C(=O)OC(C)(C)C. The summed E-state index contributed by atoms with van der Waals surface area (Å²) in [5, 5.41) is 20.4. The van der Waals surface area contributed by atoms with Gasteiger partial charge in [0.1, 0.15) is 17.2 Å². The molecule has 1 rings (SSSR count). The minimum Gasteiger partial charge on any atom is -0.458 e. The molecule has 0 aromatic rings. The summed E-state index contributed by atoms with van der Waals surface area (Å²) >= 11 is 0. The first kappa shape index (κ1) is 28.9. The zero-order chi connectivity index (χ0) is 25.3. The predicted molar refractivity (Wildman–Crippen MR) is 126 cm³/mol. The fourth-order valence-electron chi connectivity index (χ4n) is 3.42. The standard InChI is InChI=1S/C23H45NO7Si/c1-21(2,3)30-19(27)16-12-15(14-29-32(10,11)23(7,8)9)18(17(26)13-25)24(16)20(28)31-22(4,5)6/h15-18,25-26H,12-14H2,1-11H3/t15?,16?,17?,18-/m1/s1. The zero-order valence-corrected chi connectivity index (χ0v) is 22.8. The second kappa shape index (κ2) is 9.99. The molecule has 1 aliphatic heterocycles.